The minimum absolute atomic E-state index is 0.0981. The number of nitrogens with two attached hydrogens (primary N) is 1. The van der Waals surface area contributed by atoms with Crippen molar-refractivity contribution >= 4 is 46.3 Å². The van der Waals surface area contributed by atoms with Crippen LogP contribution in [0.5, 0.6) is 0 Å². The number of imide groups is 1. The van der Waals surface area contributed by atoms with Crippen LogP contribution in [0, 0.1) is 0 Å². The van der Waals surface area contributed by atoms with Crippen LogP contribution in [0.3, 0.4) is 0 Å². The minimum atomic E-state index is -0.869. The third-order valence-corrected chi connectivity index (χ3v) is 5.63. The highest BCUT2D eigenvalue weighted by Gasteiger charge is 2.19. The highest BCUT2D eigenvalue weighted by molar-refractivity contribution is 6.33. The zero-order chi connectivity index (χ0) is 24.7. The highest BCUT2D eigenvalue weighted by atomic mass is 35.5. The van der Waals surface area contributed by atoms with Crippen LogP contribution in [0.4, 0.5) is 16.5 Å². The number of urea groups is 1. The Bertz CT molecular complexity index is 1590. The molecule has 3 amide bonds. The van der Waals surface area contributed by atoms with E-state index in [1.807, 2.05) is 19.3 Å². The van der Waals surface area contributed by atoms with Crippen LogP contribution in [-0.4, -0.2) is 53.8 Å². The van der Waals surface area contributed by atoms with Crippen LogP contribution in [0.25, 0.3) is 33.6 Å². The number of hydrogen-bond acceptors (Lipinski definition) is 8. The lowest BCUT2D eigenvalue weighted by Gasteiger charge is -2.13. The van der Waals surface area contributed by atoms with E-state index in [9.17, 15) is 9.59 Å². The highest BCUT2D eigenvalue weighted by Crippen LogP contribution is 2.32. The van der Waals surface area contributed by atoms with Crippen LogP contribution in [0.2, 0.25) is 5.02 Å². The second-order valence-corrected chi connectivity index (χ2v) is 8.07. The number of fused-ring (bicyclic) bond motifs is 1. The lowest BCUT2D eigenvalue weighted by atomic mass is 10.1. The van der Waals surface area contributed by atoms with E-state index in [1.54, 1.807) is 29.3 Å². The molecule has 35 heavy (non-hydrogen) atoms. The lowest BCUT2D eigenvalue weighted by molar-refractivity contribution is 0.0838. The molecule has 0 unspecified atom stereocenters. The summed E-state index contributed by atoms with van der Waals surface area (Å²) in [5.41, 5.74) is 8.95. The van der Waals surface area contributed by atoms with Crippen LogP contribution in [0.1, 0.15) is 10.4 Å². The maximum atomic E-state index is 12.3. The van der Waals surface area contributed by atoms with Gasteiger partial charge in [-0.15, -0.1) is 5.10 Å². The number of nitrogens with zero attached hydrogens (tertiary/aromatic N) is 6. The molecule has 4 aromatic heterocycles. The van der Waals surface area contributed by atoms with Gasteiger partial charge in [-0.05, 0) is 24.3 Å². The average Bonchev–Trinajstić information content (AvgIpc) is 3.58. The van der Waals surface area contributed by atoms with Gasteiger partial charge in [0.2, 0.25) is 0 Å². The van der Waals surface area contributed by atoms with E-state index in [1.165, 1.54) is 19.2 Å². The fourth-order valence-corrected chi connectivity index (χ4v) is 3.68. The van der Waals surface area contributed by atoms with Gasteiger partial charge >= 0.3 is 12.0 Å². The van der Waals surface area contributed by atoms with E-state index >= 15 is 0 Å². The molecule has 4 heterocycles. The Morgan fingerprint density at radius 2 is 2.03 bits per heavy atom. The van der Waals surface area contributed by atoms with Crippen molar-refractivity contribution in [3.8, 4) is 22.6 Å². The van der Waals surface area contributed by atoms with Gasteiger partial charge in [-0.1, -0.05) is 16.7 Å². The Hall–Kier alpha value is -4.71. The number of carbonyl (C=O) groups excluding carboxylic acids is 2. The maximum Gasteiger partial charge on any atom is 0.321 e. The maximum absolute atomic E-state index is 12.3. The van der Waals surface area contributed by atoms with Gasteiger partial charge < -0.3 is 20.5 Å². The smallest absolute Gasteiger partial charge is 0.321 e. The quantitative estimate of drug-likeness (QED) is 0.336. The van der Waals surface area contributed by atoms with E-state index in [2.05, 4.69) is 30.6 Å². The van der Waals surface area contributed by atoms with Gasteiger partial charge in [0, 0.05) is 54.8 Å². The van der Waals surface area contributed by atoms with Gasteiger partial charge in [0.05, 0.1) is 22.5 Å². The molecule has 1 aromatic carbocycles. The normalized spacial score (nSPS) is 11.1. The lowest BCUT2D eigenvalue weighted by Crippen LogP contribution is -2.37. The number of hydrogen-bond donors (Lipinski definition) is 3. The molecule has 13 heteroatoms. The fourth-order valence-electron chi connectivity index (χ4n) is 3.45. The monoisotopic (exact) mass is 491 g/mol. The van der Waals surface area contributed by atoms with Gasteiger partial charge in [0.15, 0.2) is 0 Å². The molecule has 0 saturated carbocycles. The van der Waals surface area contributed by atoms with E-state index in [0.717, 1.165) is 21.4 Å². The Labute approximate surface area is 202 Å². The number of primary amides is 1. The number of aromatic amines is 1. The fraction of sp³-hybridized carbons (Fsp3) is 0.0909. The first-order chi connectivity index (χ1) is 16.8. The Kier molecular flexibility index (Phi) is 5.41. The van der Waals surface area contributed by atoms with Gasteiger partial charge in [-0.25, -0.2) is 9.78 Å². The third kappa shape index (κ3) is 4.17. The van der Waals surface area contributed by atoms with Gasteiger partial charge in [-0.3, -0.25) is 14.4 Å². The standard InChI is InChI=1S/C22H18ClN9O3/c1-31-10-13(8-27-31)12-5-14-15(9-26-18(14)25-7-12)19-29-30-22(35-19)28-17-4-3-11(6-16(17)23)20(33)32(2)21(24)34/h3-10H,1-2H3,(H2,24,34)(H,25,26)(H,28,30). The first-order valence-electron chi connectivity index (χ1n) is 10.2. The molecule has 12 nitrogen and oxygen atoms in total. The minimum Gasteiger partial charge on any atom is -0.403 e. The number of pyridine rings is 1. The summed E-state index contributed by atoms with van der Waals surface area (Å²) in [6, 6.07) is 5.67. The van der Waals surface area contributed by atoms with Crippen molar-refractivity contribution in [1.29, 1.82) is 0 Å². The van der Waals surface area contributed by atoms with Crippen molar-refractivity contribution < 1.29 is 14.0 Å². The van der Waals surface area contributed by atoms with Crippen molar-refractivity contribution in [1.82, 2.24) is 34.8 Å². The first-order valence-corrected chi connectivity index (χ1v) is 10.6. The number of halogens is 1. The summed E-state index contributed by atoms with van der Waals surface area (Å²) < 4.78 is 7.52. The zero-order valence-electron chi connectivity index (χ0n) is 18.5. The number of nitrogens with one attached hydrogen (secondary N) is 2. The number of anilines is 2. The summed E-state index contributed by atoms with van der Waals surface area (Å²) in [5, 5.41) is 16.3. The first kappa shape index (κ1) is 22.1. The molecule has 0 fully saturated rings. The van der Waals surface area contributed by atoms with Crippen molar-refractivity contribution in [3.05, 3.63) is 59.6 Å². The summed E-state index contributed by atoms with van der Waals surface area (Å²) >= 11 is 6.31. The molecule has 0 bridgehead atoms. The van der Waals surface area contributed by atoms with Crippen LogP contribution in [-0.2, 0) is 7.05 Å². The van der Waals surface area contributed by atoms with E-state index in [0.29, 0.717) is 16.9 Å². The summed E-state index contributed by atoms with van der Waals surface area (Å²) in [5.74, 6) is -0.306. The Morgan fingerprint density at radius 3 is 2.74 bits per heavy atom. The third-order valence-electron chi connectivity index (χ3n) is 5.32. The SMILES string of the molecule is CN(C(N)=O)C(=O)c1ccc(Nc2nnc(-c3c[nH]c4ncc(-c5cnn(C)c5)cc34)o2)c(Cl)c1. The second-order valence-electron chi connectivity index (χ2n) is 7.66. The molecular formula is C22H18ClN9O3. The topological polar surface area (TPSA) is 161 Å². The summed E-state index contributed by atoms with van der Waals surface area (Å²) in [7, 11) is 3.13. The molecule has 0 aliphatic heterocycles. The predicted octanol–water partition coefficient (Wildman–Crippen LogP) is 3.56. The van der Waals surface area contributed by atoms with Crippen molar-refractivity contribution in [3.63, 3.8) is 0 Å². The summed E-state index contributed by atoms with van der Waals surface area (Å²) in [4.78, 5) is 31.8. The number of aryl methyl sites for hydroxylation is 1. The van der Waals surface area contributed by atoms with Crippen molar-refractivity contribution in [2.45, 2.75) is 0 Å². The predicted molar refractivity (Wildman–Crippen MR) is 128 cm³/mol. The van der Waals surface area contributed by atoms with Gasteiger partial charge in [-0.2, -0.15) is 5.10 Å². The molecular weight excluding hydrogens is 474 g/mol. The van der Waals surface area contributed by atoms with E-state index in [4.69, 9.17) is 21.8 Å². The molecule has 0 atom stereocenters. The van der Waals surface area contributed by atoms with E-state index < -0.39 is 11.9 Å². The molecule has 0 aliphatic rings. The number of aromatic nitrogens is 6. The molecule has 0 radical (unpaired) electrons. The molecule has 176 valence electrons. The molecule has 5 rings (SSSR count). The van der Waals surface area contributed by atoms with Crippen molar-refractivity contribution in [2.24, 2.45) is 12.8 Å². The molecule has 0 saturated heterocycles. The number of benzene rings is 1. The molecule has 5 aromatic rings. The zero-order valence-corrected chi connectivity index (χ0v) is 19.2. The van der Waals surface area contributed by atoms with Crippen LogP contribution >= 0.6 is 11.6 Å². The number of H-pyrrole nitrogens is 1. The number of carbonyl (C=O) groups is 2. The largest absolute Gasteiger partial charge is 0.403 e. The molecule has 0 aliphatic carbocycles. The summed E-state index contributed by atoms with van der Waals surface area (Å²) in [6.45, 7) is 0. The van der Waals surface area contributed by atoms with Crippen LogP contribution < -0.4 is 11.1 Å². The summed E-state index contributed by atoms with van der Waals surface area (Å²) in [6.07, 6.45) is 7.17. The Balaban J connectivity index is 1.40. The van der Waals surface area contributed by atoms with Crippen molar-refractivity contribution in [2.75, 3.05) is 12.4 Å². The van der Waals surface area contributed by atoms with E-state index in [-0.39, 0.29) is 22.5 Å². The second kappa shape index (κ2) is 8.57. The Morgan fingerprint density at radius 1 is 1.20 bits per heavy atom. The van der Waals surface area contributed by atoms with Gasteiger partial charge in [0.1, 0.15) is 5.65 Å². The average molecular weight is 492 g/mol. The number of rotatable bonds is 5. The molecule has 0 spiro atoms. The van der Waals surface area contributed by atoms with Gasteiger partial charge in [0.25, 0.3) is 11.8 Å². The van der Waals surface area contributed by atoms with Crippen LogP contribution in [0.15, 0.2) is 53.5 Å². The number of amides is 3. The molecule has 4 N–H and O–H groups in total.